The van der Waals surface area contributed by atoms with Crippen LogP contribution >= 0.6 is 0 Å². The number of nitrogens with one attached hydrogen (secondary N) is 3. The molecule has 1 aliphatic rings. The van der Waals surface area contributed by atoms with Crippen molar-refractivity contribution in [1.29, 1.82) is 0 Å². The van der Waals surface area contributed by atoms with Gasteiger partial charge in [0.15, 0.2) is 0 Å². The number of nitrogens with zero attached hydrogens (tertiary/aromatic N) is 1. The average Bonchev–Trinajstić information content (AvgIpc) is 2.63. The molecule has 4 atom stereocenters. The van der Waals surface area contributed by atoms with E-state index >= 15 is 0 Å². The molecule has 0 aromatic heterocycles. The summed E-state index contributed by atoms with van der Waals surface area (Å²) in [7, 11) is 6.97. The van der Waals surface area contributed by atoms with Gasteiger partial charge in [0.1, 0.15) is 0 Å². The molecule has 1 aliphatic heterocycles. The molecule has 25 heavy (non-hydrogen) atoms. The van der Waals surface area contributed by atoms with E-state index in [0.29, 0.717) is 0 Å². The summed E-state index contributed by atoms with van der Waals surface area (Å²) in [4.78, 5) is 0. The van der Waals surface area contributed by atoms with Crippen LogP contribution in [0.4, 0.5) is 0 Å². The van der Waals surface area contributed by atoms with Gasteiger partial charge in [-0.05, 0) is 0 Å². The maximum absolute atomic E-state index is 5.63. The van der Waals surface area contributed by atoms with E-state index in [2.05, 4.69) is 40.0 Å². The summed E-state index contributed by atoms with van der Waals surface area (Å²) in [5.74, 6) is 0. The van der Waals surface area contributed by atoms with Gasteiger partial charge in [-0.15, -0.1) is 0 Å². The summed E-state index contributed by atoms with van der Waals surface area (Å²) >= 11 is 2.09. The molecule has 3 N–H and O–H groups in total. The van der Waals surface area contributed by atoms with Gasteiger partial charge in [0.2, 0.25) is 0 Å². The van der Waals surface area contributed by atoms with E-state index in [1.807, 2.05) is 0 Å². The second-order valence-corrected chi connectivity index (χ2v) is 6.97. The molecule has 0 spiro atoms. The molecule has 9 heteroatoms. The molecule has 0 aromatic rings. The van der Waals surface area contributed by atoms with Crippen LogP contribution in [0.15, 0.2) is 0 Å². The van der Waals surface area contributed by atoms with Crippen molar-refractivity contribution in [3.05, 3.63) is 0 Å². The topological polar surface area (TPSA) is 76.2 Å². The standard InChI is InChI=1S/C16H35N4O4.Ti/c1-21-13-5-9-18-15(23-3)7-11-20-16(24-4)8-12-19-14(22-2)6-10-17-13;/h13-19H,5-12H2,1-4H3;/q-1;+1. The van der Waals surface area contributed by atoms with Crippen molar-refractivity contribution in [3.63, 3.8) is 0 Å². The van der Waals surface area contributed by atoms with Crippen LogP contribution in [0.3, 0.4) is 0 Å². The molecule has 1 fully saturated rings. The van der Waals surface area contributed by atoms with Crippen LogP contribution in [-0.4, -0.2) is 82.9 Å². The summed E-state index contributed by atoms with van der Waals surface area (Å²) in [6.45, 7) is 3.38. The first-order valence-electron chi connectivity index (χ1n) is 8.93. The molecule has 8 nitrogen and oxygen atoms in total. The summed E-state index contributed by atoms with van der Waals surface area (Å²) in [6, 6.07) is 0. The molecular formula is C16H35N4O4Ti. The van der Waals surface area contributed by atoms with Crippen molar-refractivity contribution in [1.82, 2.24) is 19.3 Å². The fourth-order valence-electron chi connectivity index (χ4n) is 2.83. The Kier molecular flexibility index (Phi) is 13.5. The Morgan fingerprint density at radius 3 is 1.56 bits per heavy atom. The maximum atomic E-state index is 5.63. The summed E-state index contributed by atoms with van der Waals surface area (Å²) in [6.07, 6.45) is 3.69. The minimum atomic E-state index is 0.0240. The Bertz CT molecular complexity index is 331. The first-order chi connectivity index (χ1) is 12.1. The van der Waals surface area contributed by atoms with E-state index in [1.54, 1.807) is 28.4 Å². The van der Waals surface area contributed by atoms with Gasteiger partial charge in [-0.2, -0.15) is 0 Å². The molecular weight excluding hydrogens is 360 g/mol. The molecule has 0 bridgehead atoms. The molecule has 0 aliphatic carbocycles. The van der Waals surface area contributed by atoms with Gasteiger partial charge < -0.3 is 0 Å². The van der Waals surface area contributed by atoms with Crippen LogP contribution in [0.5, 0.6) is 0 Å². The molecule has 0 aromatic carbocycles. The third-order valence-electron chi connectivity index (χ3n) is 4.43. The van der Waals surface area contributed by atoms with Crippen LogP contribution in [0.1, 0.15) is 25.7 Å². The van der Waals surface area contributed by atoms with Crippen molar-refractivity contribution in [2.75, 3.05) is 54.6 Å². The fourth-order valence-corrected chi connectivity index (χ4v) is 3.40. The third kappa shape index (κ3) is 9.77. The summed E-state index contributed by atoms with van der Waals surface area (Å²) in [5, 5.41) is 10.3. The zero-order valence-electron chi connectivity index (χ0n) is 16.0. The normalized spacial score (nSPS) is 32.4. The van der Waals surface area contributed by atoms with Gasteiger partial charge in [0.25, 0.3) is 0 Å². The SMILES string of the molecule is COC1CCNC(OC)CC[N]([Ti])C(OC)CCNC(OC)CCN1. The molecule has 1 saturated heterocycles. The predicted molar refractivity (Wildman–Crippen MR) is 92.4 cm³/mol. The number of hydrogen-bond donors (Lipinski definition) is 3. The Morgan fingerprint density at radius 2 is 1.12 bits per heavy atom. The van der Waals surface area contributed by atoms with Crippen LogP contribution in [0.25, 0.3) is 0 Å². The zero-order chi connectivity index (χ0) is 18.5. The second kappa shape index (κ2) is 14.5. The van der Waals surface area contributed by atoms with Crippen molar-refractivity contribution < 1.29 is 39.6 Å². The second-order valence-electron chi connectivity index (χ2n) is 6.07. The van der Waals surface area contributed by atoms with E-state index in [0.717, 1.165) is 51.9 Å². The minimum absolute atomic E-state index is 0.0240. The first kappa shape index (κ1) is 23.4. The molecule has 0 saturated carbocycles. The van der Waals surface area contributed by atoms with Crippen molar-refractivity contribution in [2.24, 2.45) is 0 Å². The Balaban J connectivity index is 2.63. The zero-order valence-corrected chi connectivity index (χ0v) is 17.6. The van der Waals surface area contributed by atoms with Gasteiger partial charge in [-0.3, -0.25) is 0 Å². The van der Waals surface area contributed by atoms with Gasteiger partial charge in [0, 0.05) is 0 Å². The molecule has 147 valence electrons. The van der Waals surface area contributed by atoms with E-state index in [1.165, 1.54) is 0 Å². The third-order valence-corrected chi connectivity index (χ3v) is 5.22. The van der Waals surface area contributed by atoms with Crippen LogP contribution < -0.4 is 16.0 Å². The molecule has 1 heterocycles. The number of hydrogen-bond acceptors (Lipinski definition) is 8. The Hall–Kier alpha value is 0.394. The number of methoxy groups -OCH3 is 4. The van der Waals surface area contributed by atoms with Crippen molar-refractivity contribution in [2.45, 2.75) is 50.6 Å². The van der Waals surface area contributed by atoms with E-state index < -0.39 is 0 Å². The molecule has 0 radical (unpaired) electrons. The molecule has 4 unspecified atom stereocenters. The van der Waals surface area contributed by atoms with Gasteiger partial charge >= 0.3 is 164 Å². The Labute approximate surface area is 164 Å². The van der Waals surface area contributed by atoms with Crippen LogP contribution in [0, 0.1) is 0 Å². The van der Waals surface area contributed by atoms with E-state index in [9.17, 15) is 0 Å². The summed E-state index contributed by atoms with van der Waals surface area (Å²) in [5.41, 5.74) is 0. The van der Waals surface area contributed by atoms with Crippen LogP contribution in [0.2, 0.25) is 0 Å². The quantitative estimate of drug-likeness (QED) is 0.574. The van der Waals surface area contributed by atoms with E-state index in [4.69, 9.17) is 18.9 Å². The van der Waals surface area contributed by atoms with Gasteiger partial charge in [-0.25, -0.2) is 0 Å². The number of ether oxygens (including phenoxy) is 4. The van der Waals surface area contributed by atoms with Gasteiger partial charge in [-0.1, -0.05) is 0 Å². The van der Waals surface area contributed by atoms with Gasteiger partial charge in [0.05, 0.1) is 0 Å². The van der Waals surface area contributed by atoms with Crippen molar-refractivity contribution >= 4 is 0 Å². The first-order valence-corrected chi connectivity index (χ1v) is 9.63. The molecule has 1 rings (SSSR count). The fraction of sp³-hybridized carbons (Fsp3) is 1.00. The Morgan fingerprint density at radius 1 is 0.680 bits per heavy atom. The van der Waals surface area contributed by atoms with Crippen LogP contribution in [-0.2, 0) is 39.6 Å². The van der Waals surface area contributed by atoms with Crippen molar-refractivity contribution in [3.8, 4) is 0 Å². The van der Waals surface area contributed by atoms with E-state index in [-0.39, 0.29) is 24.9 Å². The molecule has 0 amide bonds. The number of rotatable bonds is 4. The average molecular weight is 395 g/mol. The summed E-state index contributed by atoms with van der Waals surface area (Å²) < 4.78 is 24.4. The monoisotopic (exact) mass is 395 g/mol. The predicted octanol–water partition coefficient (Wildman–Crippen LogP) is -0.0170.